The van der Waals surface area contributed by atoms with Crippen LogP contribution in [0.5, 0.6) is 0 Å². The lowest BCUT2D eigenvalue weighted by Gasteiger charge is -2.36. The summed E-state index contributed by atoms with van der Waals surface area (Å²) in [5, 5.41) is 10.5. The highest BCUT2D eigenvalue weighted by molar-refractivity contribution is 5.85. The first-order valence-electron chi connectivity index (χ1n) is 7.69. The summed E-state index contributed by atoms with van der Waals surface area (Å²) in [5.74, 6) is 0.343. The van der Waals surface area contributed by atoms with Crippen molar-refractivity contribution in [2.24, 2.45) is 0 Å². The lowest BCUT2D eigenvalue weighted by molar-refractivity contribution is -0.152. The van der Waals surface area contributed by atoms with Gasteiger partial charge in [-0.3, -0.25) is 4.79 Å². The van der Waals surface area contributed by atoms with E-state index in [1.165, 1.54) is 0 Å². The second-order valence-electron chi connectivity index (χ2n) is 6.17. The maximum atomic E-state index is 12.6. The molecule has 1 aromatic heterocycles. The number of nitrogens with two attached hydrogens (primary N) is 1. The molecule has 21 heavy (non-hydrogen) atoms. The Morgan fingerprint density at radius 1 is 1.38 bits per heavy atom. The summed E-state index contributed by atoms with van der Waals surface area (Å²) in [4.78, 5) is 22.6. The minimum Gasteiger partial charge on any atom is -0.380 e. The van der Waals surface area contributed by atoms with Gasteiger partial charge in [0, 0.05) is 25.2 Å². The number of aliphatic hydroxyl groups is 1. The standard InChI is InChI=1S/C15H22N4O2/c16-14-17-8-5-12(18-14)11-4-3-9-19(10-11)13(20)15(21)6-1-2-7-15/h5,8,11,21H,1-4,6-7,9-10H2,(H2,16,17,18). The summed E-state index contributed by atoms with van der Waals surface area (Å²) in [6, 6.07) is 1.86. The van der Waals surface area contributed by atoms with Crippen LogP contribution in [0.2, 0.25) is 0 Å². The number of amides is 1. The average Bonchev–Trinajstić information content (AvgIpc) is 2.95. The first-order valence-corrected chi connectivity index (χ1v) is 7.69. The number of anilines is 1. The lowest BCUT2D eigenvalue weighted by atomic mass is 9.92. The molecule has 0 aromatic carbocycles. The molecule has 2 aliphatic rings. The molecule has 0 bridgehead atoms. The van der Waals surface area contributed by atoms with Crippen molar-refractivity contribution in [1.82, 2.24) is 14.9 Å². The second-order valence-corrected chi connectivity index (χ2v) is 6.17. The van der Waals surface area contributed by atoms with Crippen molar-refractivity contribution in [3.8, 4) is 0 Å². The van der Waals surface area contributed by atoms with Gasteiger partial charge in [-0.15, -0.1) is 0 Å². The van der Waals surface area contributed by atoms with Crippen LogP contribution < -0.4 is 5.73 Å². The van der Waals surface area contributed by atoms with E-state index in [9.17, 15) is 9.90 Å². The van der Waals surface area contributed by atoms with Crippen molar-refractivity contribution >= 4 is 11.9 Å². The maximum Gasteiger partial charge on any atom is 0.254 e. The predicted molar refractivity (Wildman–Crippen MR) is 78.4 cm³/mol. The molecule has 1 atom stereocenters. The molecule has 1 aliphatic heterocycles. The van der Waals surface area contributed by atoms with E-state index < -0.39 is 5.60 Å². The molecule has 2 heterocycles. The molecule has 114 valence electrons. The Morgan fingerprint density at radius 3 is 2.86 bits per heavy atom. The van der Waals surface area contributed by atoms with E-state index in [4.69, 9.17) is 5.73 Å². The Balaban J connectivity index is 1.72. The van der Waals surface area contributed by atoms with Crippen molar-refractivity contribution < 1.29 is 9.90 Å². The van der Waals surface area contributed by atoms with Crippen molar-refractivity contribution in [3.05, 3.63) is 18.0 Å². The van der Waals surface area contributed by atoms with Gasteiger partial charge < -0.3 is 15.7 Å². The van der Waals surface area contributed by atoms with Crippen LogP contribution in [-0.4, -0.2) is 44.6 Å². The molecule has 1 aromatic rings. The molecule has 1 aliphatic carbocycles. The molecule has 6 heteroatoms. The smallest absolute Gasteiger partial charge is 0.254 e. The third-order valence-electron chi connectivity index (χ3n) is 4.65. The van der Waals surface area contributed by atoms with Crippen molar-refractivity contribution in [3.63, 3.8) is 0 Å². The van der Waals surface area contributed by atoms with Gasteiger partial charge in [-0.2, -0.15) is 0 Å². The summed E-state index contributed by atoms with van der Waals surface area (Å²) in [7, 11) is 0. The number of aromatic nitrogens is 2. The number of carbonyl (C=O) groups is 1. The molecule has 2 fully saturated rings. The Hall–Kier alpha value is -1.69. The third-order valence-corrected chi connectivity index (χ3v) is 4.65. The molecule has 0 radical (unpaired) electrons. The van der Waals surface area contributed by atoms with E-state index in [0.717, 1.165) is 37.9 Å². The summed E-state index contributed by atoms with van der Waals surface area (Å²) >= 11 is 0. The van der Waals surface area contributed by atoms with Gasteiger partial charge in [0.05, 0.1) is 5.69 Å². The number of nitrogen functional groups attached to an aromatic ring is 1. The molecule has 3 N–H and O–H groups in total. The van der Waals surface area contributed by atoms with Gasteiger partial charge in [0.25, 0.3) is 5.91 Å². The van der Waals surface area contributed by atoms with Crippen molar-refractivity contribution in [1.29, 1.82) is 0 Å². The van der Waals surface area contributed by atoms with Gasteiger partial charge in [-0.05, 0) is 44.6 Å². The van der Waals surface area contributed by atoms with Gasteiger partial charge in [-0.1, -0.05) is 0 Å². The normalized spacial score (nSPS) is 25.0. The SMILES string of the molecule is Nc1nccc(C2CCCN(C(=O)C3(O)CCCC3)C2)n1. The largest absolute Gasteiger partial charge is 0.380 e. The van der Waals surface area contributed by atoms with Crippen LogP contribution in [0.3, 0.4) is 0 Å². The molecule has 1 saturated heterocycles. The highest BCUT2D eigenvalue weighted by Crippen LogP contribution is 2.34. The molecule has 1 saturated carbocycles. The van der Waals surface area contributed by atoms with Gasteiger partial charge in [0.1, 0.15) is 5.60 Å². The fourth-order valence-corrected chi connectivity index (χ4v) is 3.49. The Labute approximate surface area is 124 Å². The third kappa shape index (κ3) is 2.85. The van der Waals surface area contributed by atoms with Crippen LogP contribution in [0.25, 0.3) is 0 Å². The van der Waals surface area contributed by atoms with E-state index in [0.29, 0.717) is 19.4 Å². The average molecular weight is 290 g/mol. The zero-order valence-electron chi connectivity index (χ0n) is 12.2. The topological polar surface area (TPSA) is 92.3 Å². The Morgan fingerprint density at radius 2 is 2.14 bits per heavy atom. The zero-order valence-corrected chi connectivity index (χ0v) is 12.2. The van der Waals surface area contributed by atoms with E-state index >= 15 is 0 Å². The monoisotopic (exact) mass is 290 g/mol. The number of hydrogen-bond acceptors (Lipinski definition) is 5. The predicted octanol–water partition coefficient (Wildman–Crippen LogP) is 1.07. The first kappa shape index (κ1) is 14.3. The number of rotatable bonds is 2. The fraction of sp³-hybridized carbons (Fsp3) is 0.667. The van der Waals surface area contributed by atoms with E-state index in [1.54, 1.807) is 11.1 Å². The molecule has 1 amide bonds. The summed E-state index contributed by atoms with van der Waals surface area (Å²) in [5.41, 5.74) is 5.39. The van der Waals surface area contributed by atoms with Crippen LogP contribution in [-0.2, 0) is 4.79 Å². The van der Waals surface area contributed by atoms with Crippen LogP contribution in [0, 0.1) is 0 Å². The molecule has 6 nitrogen and oxygen atoms in total. The zero-order chi connectivity index (χ0) is 14.9. The van der Waals surface area contributed by atoms with Gasteiger partial charge >= 0.3 is 0 Å². The number of carbonyl (C=O) groups excluding carboxylic acids is 1. The van der Waals surface area contributed by atoms with Gasteiger partial charge in [0.2, 0.25) is 5.95 Å². The van der Waals surface area contributed by atoms with E-state index in [1.807, 2.05) is 6.07 Å². The van der Waals surface area contributed by atoms with Crippen molar-refractivity contribution in [2.45, 2.75) is 50.0 Å². The van der Waals surface area contributed by atoms with Crippen LogP contribution in [0.1, 0.15) is 50.1 Å². The summed E-state index contributed by atoms with van der Waals surface area (Å²) in [6.07, 6.45) is 6.61. The van der Waals surface area contributed by atoms with Crippen LogP contribution in [0.4, 0.5) is 5.95 Å². The minimum atomic E-state index is -1.13. The van der Waals surface area contributed by atoms with E-state index in [2.05, 4.69) is 9.97 Å². The number of nitrogens with zero attached hydrogens (tertiary/aromatic N) is 3. The van der Waals surface area contributed by atoms with Crippen molar-refractivity contribution in [2.75, 3.05) is 18.8 Å². The first-order chi connectivity index (χ1) is 10.1. The number of piperidine rings is 1. The number of likely N-dealkylation sites (tertiary alicyclic amines) is 1. The quantitative estimate of drug-likeness (QED) is 0.850. The lowest BCUT2D eigenvalue weighted by Crippen LogP contribution is -2.50. The molecule has 1 unspecified atom stereocenters. The highest BCUT2D eigenvalue weighted by Gasteiger charge is 2.42. The van der Waals surface area contributed by atoms with Gasteiger partial charge in [0.15, 0.2) is 0 Å². The second kappa shape index (κ2) is 5.60. The minimum absolute atomic E-state index is 0.105. The summed E-state index contributed by atoms with van der Waals surface area (Å²) < 4.78 is 0. The van der Waals surface area contributed by atoms with Crippen LogP contribution >= 0.6 is 0 Å². The Kier molecular flexibility index (Phi) is 3.80. The Bertz CT molecular complexity index is 528. The molecular formula is C15H22N4O2. The maximum absolute atomic E-state index is 12.6. The molecule has 3 rings (SSSR count). The number of hydrogen-bond donors (Lipinski definition) is 2. The highest BCUT2D eigenvalue weighted by atomic mass is 16.3. The van der Waals surface area contributed by atoms with Gasteiger partial charge in [-0.25, -0.2) is 9.97 Å². The molecular weight excluding hydrogens is 268 g/mol. The molecule has 0 spiro atoms. The van der Waals surface area contributed by atoms with E-state index in [-0.39, 0.29) is 17.8 Å². The van der Waals surface area contributed by atoms with Crippen LogP contribution in [0.15, 0.2) is 12.3 Å². The fourth-order valence-electron chi connectivity index (χ4n) is 3.49. The summed E-state index contributed by atoms with van der Waals surface area (Å²) in [6.45, 7) is 1.33.